The number of benzene rings is 1. The Kier molecular flexibility index (Phi) is 5.84. The van der Waals surface area contributed by atoms with Crippen molar-refractivity contribution in [1.82, 2.24) is 5.32 Å². The molecule has 0 unspecified atom stereocenters. The maximum Gasteiger partial charge on any atom is 0.328 e. The van der Waals surface area contributed by atoms with Gasteiger partial charge in [-0.2, -0.15) is 0 Å². The Morgan fingerprint density at radius 2 is 1.90 bits per heavy atom. The molecule has 5 heteroatoms. The normalized spacial score (nSPS) is 12.7. The largest absolute Gasteiger partial charge is 0.458 e. The molecule has 0 saturated heterocycles. The SMILES string of the molecule is CSc1ccc(C)c(C(=O)N[C@H](C)C(=O)OC(C)(C)C)c1. The summed E-state index contributed by atoms with van der Waals surface area (Å²) in [6.07, 6.45) is 1.95. The number of rotatable bonds is 4. The van der Waals surface area contributed by atoms with Crippen molar-refractivity contribution in [2.75, 3.05) is 6.26 Å². The van der Waals surface area contributed by atoms with Gasteiger partial charge in [-0.3, -0.25) is 4.79 Å². The number of hydrogen-bond donors (Lipinski definition) is 1. The van der Waals surface area contributed by atoms with Gasteiger partial charge in [0.1, 0.15) is 11.6 Å². The summed E-state index contributed by atoms with van der Waals surface area (Å²) in [6.45, 7) is 8.89. The molecule has 0 fully saturated rings. The number of amides is 1. The molecular formula is C16H23NO3S. The molecule has 4 nitrogen and oxygen atoms in total. The van der Waals surface area contributed by atoms with Crippen LogP contribution in [0.25, 0.3) is 0 Å². The van der Waals surface area contributed by atoms with Crippen LogP contribution in [0.15, 0.2) is 23.1 Å². The molecule has 1 atom stereocenters. The first kappa shape index (κ1) is 17.6. The van der Waals surface area contributed by atoms with E-state index in [9.17, 15) is 9.59 Å². The van der Waals surface area contributed by atoms with Crippen LogP contribution < -0.4 is 5.32 Å². The van der Waals surface area contributed by atoms with Crippen molar-refractivity contribution < 1.29 is 14.3 Å². The van der Waals surface area contributed by atoms with Crippen LogP contribution in [0.2, 0.25) is 0 Å². The van der Waals surface area contributed by atoms with Gasteiger partial charge in [0, 0.05) is 10.5 Å². The van der Waals surface area contributed by atoms with E-state index < -0.39 is 17.6 Å². The Morgan fingerprint density at radius 3 is 2.43 bits per heavy atom. The highest BCUT2D eigenvalue weighted by Crippen LogP contribution is 2.19. The summed E-state index contributed by atoms with van der Waals surface area (Å²) in [5.74, 6) is -0.698. The van der Waals surface area contributed by atoms with Crippen LogP contribution in [-0.4, -0.2) is 29.8 Å². The topological polar surface area (TPSA) is 55.4 Å². The third kappa shape index (κ3) is 5.42. The quantitative estimate of drug-likeness (QED) is 0.685. The summed E-state index contributed by atoms with van der Waals surface area (Å²) in [5.41, 5.74) is 0.893. The van der Waals surface area contributed by atoms with Gasteiger partial charge >= 0.3 is 5.97 Å². The molecule has 1 rings (SSSR count). The van der Waals surface area contributed by atoms with E-state index in [4.69, 9.17) is 4.74 Å². The molecule has 0 bridgehead atoms. The molecule has 0 aliphatic rings. The number of carbonyl (C=O) groups is 2. The summed E-state index contributed by atoms with van der Waals surface area (Å²) in [7, 11) is 0. The number of hydrogen-bond acceptors (Lipinski definition) is 4. The molecule has 0 spiro atoms. The molecule has 0 saturated carbocycles. The van der Waals surface area contributed by atoms with Crippen LogP contribution in [0.5, 0.6) is 0 Å². The van der Waals surface area contributed by atoms with Gasteiger partial charge in [-0.15, -0.1) is 11.8 Å². The second-order valence-electron chi connectivity index (χ2n) is 5.91. The maximum absolute atomic E-state index is 12.3. The molecule has 1 aromatic carbocycles. The zero-order valence-corrected chi connectivity index (χ0v) is 14.3. The Balaban J connectivity index is 2.79. The van der Waals surface area contributed by atoms with Gasteiger partial charge in [-0.25, -0.2) is 4.79 Å². The zero-order chi connectivity index (χ0) is 16.2. The highest BCUT2D eigenvalue weighted by Gasteiger charge is 2.23. The monoisotopic (exact) mass is 309 g/mol. The minimum atomic E-state index is -0.686. The van der Waals surface area contributed by atoms with Gasteiger partial charge in [0.2, 0.25) is 0 Å². The standard InChI is InChI=1S/C16H23NO3S/c1-10-7-8-12(21-6)9-13(10)14(18)17-11(2)15(19)20-16(3,4)5/h7-9,11H,1-6H3,(H,17,18)/t11-/m1/s1. The fraction of sp³-hybridized carbons (Fsp3) is 0.500. The number of esters is 1. The van der Waals surface area contributed by atoms with Crippen LogP contribution in [-0.2, 0) is 9.53 Å². The molecule has 0 radical (unpaired) electrons. The van der Waals surface area contributed by atoms with E-state index in [1.165, 1.54) is 0 Å². The summed E-state index contributed by atoms with van der Waals surface area (Å²) in [5, 5.41) is 2.69. The van der Waals surface area contributed by atoms with Gasteiger partial charge < -0.3 is 10.1 Å². The van der Waals surface area contributed by atoms with Gasteiger partial charge in [-0.1, -0.05) is 6.07 Å². The van der Waals surface area contributed by atoms with Crippen molar-refractivity contribution in [3.05, 3.63) is 29.3 Å². The number of aryl methyl sites for hydroxylation is 1. The molecule has 0 heterocycles. The van der Waals surface area contributed by atoms with Crippen molar-refractivity contribution in [2.24, 2.45) is 0 Å². The molecule has 0 aliphatic carbocycles. The average Bonchev–Trinajstić information content (AvgIpc) is 2.37. The van der Waals surface area contributed by atoms with E-state index in [0.29, 0.717) is 5.56 Å². The minimum absolute atomic E-state index is 0.262. The van der Waals surface area contributed by atoms with Crippen molar-refractivity contribution in [3.63, 3.8) is 0 Å². The third-order valence-corrected chi connectivity index (χ3v) is 3.52. The smallest absolute Gasteiger partial charge is 0.328 e. The van der Waals surface area contributed by atoms with Gasteiger partial charge in [0.05, 0.1) is 0 Å². The van der Waals surface area contributed by atoms with E-state index >= 15 is 0 Å². The highest BCUT2D eigenvalue weighted by atomic mass is 32.2. The van der Waals surface area contributed by atoms with Gasteiger partial charge in [0.15, 0.2) is 0 Å². The Morgan fingerprint density at radius 1 is 1.29 bits per heavy atom. The van der Waals surface area contributed by atoms with E-state index in [1.54, 1.807) is 39.5 Å². The number of thioether (sulfide) groups is 1. The number of nitrogens with one attached hydrogen (secondary N) is 1. The Hall–Kier alpha value is -1.49. The van der Waals surface area contributed by atoms with E-state index in [1.807, 2.05) is 31.4 Å². The molecule has 0 aromatic heterocycles. The van der Waals surface area contributed by atoms with Crippen LogP contribution in [0, 0.1) is 6.92 Å². The molecular weight excluding hydrogens is 286 g/mol. The first-order chi connectivity index (χ1) is 9.64. The zero-order valence-electron chi connectivity index (χ0n) is 13.4. The summed E-state index contributed by atoms with van der Waals surface area (Å²) in [6, 6.07) is 5.01. The fourth-order valence-corrected chi connectivity index (χ4v) is 2.14. The maximum atomic E-state index is 12.3. The minimum Gasteiger partial charge on any atom is -0.458 e. The Bertz CT molecular complexity index is 535. The van der Waals surface area contributed by atoms with Gasteiger partial charge in [0.25, 0.3) is 5.91 Å². The van der Waals surface area contributed by atoms with E-state index in [2.05, 4.69) is 5.32 Å². The van der Waals surface area contributed by atoms with Crippen LogP contribution in [0.4, 0.5) is 0 Å². The molecule has 0 aliphatic heterocycles. The van der Waals surface area contributed by atoms with Crippen LogP contribution in [0.3, 0.4) is 0 Å². The van der Waals surface area contributed by atoms with E-state index in [-0.39, 0.29) is 5.91 Å². The van der Waals surface area contributed by atoms with Crippen molar-refractivity contribution in [1.29, 1.82) is 0 Å². The van der Waals surface area contributed by atoms with Crippen molar-refractivity contribution in [3.8, 4) is 0 Å². The lowest BCUT2D eigenvalue weighted by atomic mass is 10.1. The predicted octanol–water partition coefficient (Wildman–Crippen LogP) is 3.18. The Labute approximate surface area is 130 Å². The lowest BCUT2D eigenvalue weighted by molar-refractivity contribution is -0.156. The molecule has 1 amide bonds. The van der Waals surface area contributed by atoms with Gasteiger partial charge in [-0.05, 0) is 58.6 Å². The second-order valence-corrected chi connectivity index (χ2v) is 6.79. The molecule has 1 aromatic rings. The molecule has 1 N–H and O–H groups in total. The van der Waals surface area contributed by atoms with E-state index in [0.717, 1.165) is 10.5 Å². The lowest BCUT2D eigenvalue weighted by Crippen LogP contribution is -2.42. The summed E-state index contributed by atoms with van der Waals surface area (Å²) >= 11 is 1.57. The summed E-state index contributed by atoms with van der Waals surface area (Å²) in [4.78, 5) is 25.2. The van der Waals surface area contributed by atoms with Crippen molar-refractivity contribution in [2.45, 2.75) is 51.2 Å². The first-order valence-electron chi connectivity index (χ1n) is 6.82. The van der Waals surface area contributed by atoms with Crippen LogP contribution >= 0.6 is 11.8 Å². The highest BCUT2D eigenvalue weighted by molar-refractivity contribution is 7.98. The lowest BCUT2D eigenvalue weighted by Gasteiger charge is -2.22. The number of carbonyl (C=O) groups excluding carboxylic acids is 2. The fourth-order valence-electron chi connectivity index (χ4n) is 1.70. The second kappa shape index (κ2) is 6.98. The summed E-state index contributed by atoms with van der Waals surface area (Å²) < 4.78 is 5.25. The van der Waals surface area contributed by atoms with Crippen LogP contribution in [0.1, 0.15) is 43.6 Å². The molecule has 116 valence electrons. The third-order valence-electron chi connectivity index (χ3n) is 2.80. The number of ether oxygens (including phenoxy) is 1. The average molecular weight is 309 g/mol. The molecule has 21 heavy (non-hydrogen) atoms. The first-order valence-corrected chi connectivity index (χ1v) is 8.05. The predicted molar refractivity (Wildman–Crippen MR) is 85.7 cm³/mol. The van der Waals surface area contributed by atoms with Crippen molar-refractivity contribution >= 4 is 23.6 Å².